The van der Waals surface area contributed by atoms with Gasteiger partial charge < -0.3 is 14.3 Å². The molecule has 1 aromatic carbocycles. The van der Waals surface area contributed by atoms with Gasteiger partial charge in [0, 0.05) is 6.20 Å². The van der Waals surface area contributed by atoms with Crippen LogP contribution in [0.2, 0.25) is 0 Å². The molecule has 0 aliphatic heterocycles. The third-order valence-electron chi connectivity index (χ3n) is 3.99. The molecule has 7 heteroatoms. The number of imidazole rings is 1. The maximum Gasteiger partial charge on any atom is 0.287 e. The SMILES string of the molecule is O=C(NCc1nc2cccnc2n1Cc1ccc(F)cc1)c1ccco1. The van der Waals surface area contributed by atoms with Crippen molar-refractivity contribution >= 4 is 17.1 Å². The van der Waals surface area contributed by atoms with Gasteiger partial charge in [-0.3, -0.25) is 4.79 Å². The number of fused-ring (bicyclic) bond motifs is 1. The number of hydrogen-bond acceptors (Lipinski definition) is 4. The first kappa shape index (κ1) is 16.0. The molecule has 0 radical (unpaired) electrons. The number of amides is 1. The molecular weight excluding hydrogens is 335 g/mol. The second-order valence-corrected chi connectivity index (χ2v) is 5.75. The van der Waals surface area contributed by atoms with Crippen LogP contribution in [0.15, 0.2) is 65.4 Å². The zero-order valence-corrected chi connectivity index (χ0v) is 13.7. The molecule has 0 spiro atoms. The maximum atomic E-state index is 13.2. The highest BCUT2D eigenvalue weighted by atomic mass is 19.1. The van der Waals surface area contributed by atoms with Crippen LogP contribution in [-0.2, 0) is 13.1 Å². The first-order chi connectivity index (χ1) is 12.7. The van der Waals surface area contributed by atoms with E-state index in [0.29, 0.717) is 18.0 Å². The zero-order valence-electron chi connectivity index (χ0n) is 13.7. The van der Waals surface area contributed by atoms with Gasteiger partial charge in [0.25, 0.3) is 5.91 Å². The molecule has 1 N–H and O–H groups in total. The Balaban J connectivity index is 1.63. The predicted octanol–water partition coefficient (Wildman–Crippen LogP) is 3.14. The second kappa shape index (κ2) is 6.79. The molecule has 4 rings (SSSR count). The average Bonchev–Trinajstić information content (AvgIpc) is 3.30. The molecule has 4 aromatic rings. The molecule has 0 fully saturated rings. The van der Waals surface area contributed by atoms with Gasteiger partial charge in [0.15, 0.2) is 11.4 Å². The number of pyridine rings is 1. The molecule has 0 bridgehead atoms. The summed E-state index contributed by atoms with van der Waals surface area (Å²) in [5.74, 6) is 0.295. The van der Waals surface area contributed by atoms with Crippen LogP contribution in [0.3, 0.4) is 0 Å². The van der Waals surface area contributed by atoms with Crippen molar-refractivity contribution in [2.24, 2.45) is 0 Å². The number of nitrogens with zero attached hydrogens (tertiary/aromatic N) is 3. The van der Waals surface area contributed by atoms with Crippen LogP contribution in [0.5, 0.6) is 0 Å². The number of benzene rings is 1. The number of carbonyl (C=O) groups excluding carboxylic acids is 1. The van der Waals surface area contributed by atoms with Crippen molar-refractivity contribution in [1.82, 2.24) is 19.9 Å². The Labute approximate surface area is 148 Å². The summed E-state index contributed by atoms with van der Waals surface area (Å²) < 4.78 is 20.2. The van der Waals surface area contributed by atoms with Crippen molar-refractivity contribution in [3.05, 3.63) is 84.0 Å². The second-order valence-electron chi connectivity index (χ2n) is 5.75. The Morgan fingerprint density at radius 1 is 1.15 bits per heavy atom. The van der Waals surface area contributed by atoms with Crippen LogP contribution in [0.4, 0.5) is 4.39 Å². The van der Waals surface area contributed by atoms with Crippen molar-refractivity contribution in [1.29, 1.82) is 0 Å². The summed E-state index contributed by atoms with van der Waals surface area (Å²) in [5.41, 5.74) is 2.35. The summed E-state index contributed by atoms with van der Waals surface area (Å²) in [7, 11) is 0. The van der Waals surface area contributed by atoms with Gasteiger partial charge in [0.05, 0.1) is 19.4 Å². The van der Waals surface area contributed by atoms with E-state index < -0.39 is 0 Å². The summed E-state index contributed by atoms with van der Waals surface area (Å²) >= 11 is 0. The van der Waals surface area contributed by atoms with E-state index in [-0.39, 0.29) is 24.0 Å². The molecule has 3 aromatic heterocycles. The molecule has 0 aliphatic carbocycles. The van der Waals surface area contributed by atoms with E-state index >= 15 is 0 Å². The minimum absolute atomic E-state index is 0.219. The highest BCUT2D eigenvalue weighted by Crippen LogP contribution is 2.16. The van der Waals surface area contributed by atoms with Crippen molar-refractivity contribution in [2.75, 3.05) is 0 Å². The van der Waals surface area contributed by atoms with Gasteiger partial charge in [-0.1, -0.05) is 12.1 Å². The molecule has 1 amide bonds. The number of aromatic nitrogens is 3. The van der Waals surface area contributed by atoms with Crippen LogP contribution in [-0.4, -0.2) is 20.4 Å². The van der Waals surface area contributed by atoms with Crippen LogP contribution in [0.25, 0.3) is 11.2 Å². The van der Waals surface area contributed by atoms with Crippen molar-refractivity contribution in [2.45, 2.75) is 13.1 Å². The maximum absolute atomic E-state index is 13.2. The van der Waals surface area contributed by atoms with Crippen LogP contribution in [0.1, 0.15) is 21.9 Å². The lowest BCUT2D eigenvalue weighted by molar-refractivity contribution is 0.0922. The number of carbonyl (C=O) groups is 1. The van der Waals surface area contributed by atoms with E-state index in [4.69, 9.17) is 4.42 Å². The summed E-state index contributed by atoms with van der Waals surface area (Å²) in [5, 5.41) is 2.79. The minimum atomic E-state index is -0.316. The largest absolute Gasteiger partial charge is 0.459 e. The zero-order chi connectivity index (χ0) is 17.9. The van der Waals surface area contributed by atoms with Crippen molar-refractivity contribution in [3.8, 4) is 0 Å². The molecule has 0 saturated carbocycles. The Kier molecular flexibility index (Phi) is 4.18. The molecular formula is C19H15FN4O2. The molecule has 0 atom stereocenters. The highest BCUT2D eigenvalue weighted by Gasteiger charge is 2.14. The van der Waals surface area contributed by atoms with E-state index in [1.165, 1.54) is 18.4 Å². The summed E-state index contributed by atoms with van der Waals surface area (Å²) in [6.07, 6.45) is 3.14. The Bertz CT molecular complexity index is 1040. The molecule has 0 saturated heterocycles. The van der Waals surface area contributed by atoms with E-state index in [0.717, 1.165) is 11.1 Å². The molecule has 6 nitrogen and oxygen atoms in total. The molecule has 130 valence electrons. The topological polar surface area (TPSA) is 73.0 Å². The number of halogens is 1. The first-order valence-electron chi connectivity index (χ1n) is 8.07. The van der Waals surface area contributed by atoms with Crippen molar-refractivity contribution < 1.29 is 13.6 Å². The van der Waals surface area contributed by atoms with Gasteiger partial charge in [-0.25, -0.2) is 14.4 Å². The quantitative estimate of drug-likeness (QED) is 0.600. The Hall–Kier alpha value is -3.48. The van der Waals surface area contributed by atoms with Crippen LogP contribution < -0.4 is 5.32 Å². The monoisotopic (exact) mass is 350 g/mol. The smallest absolute Gasteiger partial charge is 0.287 e. The normalized spacial score (nSPS) is 11.0. The predicted molar refractivity (Wildman–Crippen MR) is 92.9 cm³/mol. The molecule has 0 aliphatic rings. The van der Waals surface area contributed by atoms with E-state index in [1.54, 1.807) is 30.5 Å². The van der Waals surface area contributed by atoms with Gasteiger partial charge >= 0.3 is 0 Å². The lowest BCUT2D eigenvalue weighted by atomic mass is 10.2. The fourth-order valence-corrected chi connectivity index (χ4v) is 2.73. The standard InChI is InChI=1S/C19H15FN4O2/c20-14-7-5-13(6-8-14)12-24-17(23-15-3-1-9-21-18(15)24)11-22-19(25)16-4-2-10-26-16/h1-10H,11-12H2,(H,22,25). The Morgan fingerprint density at radius 3 is 2.77 bits per heavy atom. The van der Waals surface area contributed by atoms with Crippen molar-refractivity contribution in [3.63, 3.8) is 0 Å². The van der Waals surface area contributed by atoms with Gasteiger partial charge in [-0.05, 0) is 42.0 Å². The average molecular weight is 350 g/mol. The number of nitrogens with one attached hydrogen (secondary N) is 1. The summed E-state index contributed by atoms with van der Waals surface area (Å²) in [6.45, 7) is 0.691. The lowest BCUT2D eigenvalue weighted by Gasteiger charge is -2.09. The summed E-state index contributed by atoms with van der Waals surface area (Å²) in [6, 6.07) is 13.2. The van der Waals surface area contributed by atoms with Gasteiger partial charge in [-0.15, -0.1) is 0 Å². The van der Waals surface area contributed by atoms with Crippen LogP contribution >= 0.6 is 0 Å². The summed E-state index contributed by atoms with van der Waals surface area (Å²) in [4.78, 5) is 21.1. The van der Waals surface area contributed by atoms with Gasteiger partial charge in [0.2, 0.25) is 0 Å². The third kappa shape index (κ3) is 3.19. The van der Waals surface area contributed by atoms with E-state index in [1.807, 2.05) is 16.7 Å². The molecule has 0 unspecified atom stereocenters. The van der Waals surface area contributed by atoms with E-state index in [2.05, 4.69) is 15.3 Å². The number of hydrogen-bond donors (Lipinski definition) is 1. The highest BCUT2D eigenvalue weighted by molar-refractivity contribution is 5.91. The van der Waals surface area contributed by atoms with E-state index in [9.17, 15) is 9.18 Å². The third-order valence-corrected chi connectivity index (χ3v) is 3.99. The molecule has 3 heterocycles. The fourth-order valence-electron chi connectivity index (χ4n) is 2.73. The van der Waals surface area contributed by atoms with Gasteiger partial charge in [0.1, 0.15) is 17.2 Å². The lowest BCUT2D eigenvalue weighted by Crippen LogP contribution is -2.24. The number of furan rings is 1. The first-order valence-corrected chi connectivity index (χ1v) is 8.07. The van der Waals surface area contributed by atoms with Crippen LogP contribution in [0, 0.1) is 5.82 Å². The Morgan fingerprint density at radius 2 is 2.00 bits per heavy atom. The fraction of sp³-hybridized carbons (Fsp3) is 0.105. The molecule has 26 heavy (non-hydrogen) atoms. The minimum Gasteiger partial charge on any atom is -0.459 e. The van der Waals surface area contributed by atoms with Gasteiger partial charge in [-0.2, -0.15) is 0 Å². The number of rotatable bonds is 5.